The lowest BCUT2D eigenvalue weighted by Crippen LogP contribution is -2.46. The van der Waals surface area contributed by atoms with Crippen LogP contribution in [0.2, 0.25) is 0 Å². The van der Waals surface area contributed by atoms with E-state index in [4.69, 9.17) is 0 Å². The fourth-order valence-corrected chi connectivity index (χ4v) is 8.91. The van der Waals surface area contributed by atoms with Crippen molar-refractivity contribution in [2.75, 3.05) is 5.75 Å². The van der Waals surface area contributed by atoms with E-state index in [0.717, 1.165) is 19.3 Å². The van der Waals surface area contributed by atoms with Crippen LogP contribution in [0.3, 0.4) is 0 Å². The van der Waals surface area contributed by atoms with E-state index in [0.29, 0.717) is 18.3 Å². The number of hydrogen-bond acceptors (Lipinski definition) is 3. The molecule has 3 unspecified atom stereocenters. The predicted molar refractivity (Wildman–Crippen MR) is 90.1 cm³/mol. The Kier molecular flexibility index (Phi) is 3.77. The molecule has 0 aromatic carbocycles. The van der Waals surface area contributed by atoms with Gasteiger partial charge in [0.2, 0.25) is 15.9 Å². The monoisotopic (exact) mass is 391 g/mol. The minimum absolute atomic E-state index is 0.0135. The van der Waals surface area contributed by atoms with Crippen molar-refractivity contribution < 1.29 is 13.2 Å². The molecule has 126 valence electrons. The number of nitrogens with zero attached hydrogens (tertiary/aromatic N) is 1. The number of hydrogen-bond donors (Lipinski definition) is 0. The second kappa shape index (κ2) is 4.95. The molecule has 2 aliphatic carbocycles. The Bertz CT molecular complexity index is 601. The summed E-state index contributed by atoms with van der Waals surface area (Å²) < 4.78 is 26.8. The maximum Gasteiger partial charge on any atom is 0.250 e. The van der Waals surface area contributed by atoms with Gasteiger partial charge in [0.15, 0.2) is 0 Å². The van der Waals surface area contributed by atoms with Crippen molar-refractivity contribution in [2.45, 2.75) is 64.2 Å². The average molecular weight is 392 g/mol. The first-order valence-electron chi connectivity index (χ1n) is 8.23. The SMILES string of the molecule is CC(C)C[C@H](Br)C(=O)N1C2CC3CCC2(CS1(=O)=O)C3(C)C. The highest BCUT2D eigenvalue weighted by Crippen LogP contribution is 2.70. The summed E-state index contributed by atoms with van der Waals surface area (Å²) in [6.45, 7) is 8.49. The van der Waals surface area contributed by atoms with Crippen LogP contribution in [-0.4, -0.2) is 35.3 Å². The molecular formula is C16H26BrNO3S. The molecule has 6 heteroatoms. The Balaban J connectivity index is 1.95. The fourth-order valence-electron chi connectivity index (χ4n) is 5.23. The number of carbonyl (C=O) groups is 1. The van der Waals surface area contributed by atoms with Gasteiger partial charge >= 0.3 is 0 Å². The first-order chi connectivity index (χ1) is 10.0. The Hall–Kier alpha value is -0.100. The van der Waals surface area contributed by atoms with Crippen molar-refractivity contribution in [3.8, 4) is 0 Å². The van der Waals surface area contributed by atoms with Crippen LogP contribution in [0.1, 0.15) is 53.4 Å². The van der Waals surface area contributed by atoms with Crippen molar-refractivity contribution in [2.24, 2.45) is 22.7 Å². The lowest BCUT2D eigenvalue weighted by Gasteiger charge is -2.37. The van der Waals surface area contributed by atoms with E-state index in [2.05, 4.69) is 29.8 Å². The van der Waals surface area contributed by atoms with Gasteiger partial charge in [0, 0.05) is 5.41 Å². The van der Waals surface area contributed by atoms with Gasteiger partial charge < -0.3 is 0 Å². The molecule has 0 N–H and O–H groups in total. The maximum atomic E-state index is 12.8. The van der Waals surface area contributed by atoms with E-state index < -0.39 is 14.9 Å². The van der Waals surface area contributed by atoms with Crippen LogP contribution in [0.5, 0.6) is 0 Å². The number of halogens is 1. The summed E-state index contributed by atoms with van der Waals surface area (Å²) in [5.74, 6) is 0.798. The molecule has 1 spiro atoms. The zero-order chi connectivity index (χ0) is 16.5. The number of carbonyl (C=O) groups excluding carboxylic acids is 1. The van der Waals surface area contributed by atoms with Gasteiger partial charge in [-0.25, -0.2) is 12.7 Å². The van der Waals surface area contributed by atoms with Crippen LogP contribution in [0.4, 0.5) is 0 Å². The summed E-state index contributed by atoms with van der Waals surface area (Å²) in [5, 5.41) is 0. The smallest absolute Gasteiger partial charge is 0.250 e. The highest BCUT2D eigenvalue weighted by molar-refractivity contribution is 9.10. The molecule has 0 radical (unpaired) electrons. The van der Waals surface area contributed by atoms with Crippen LogP contribution < -0.4 is 0 Å². The molecule has 1 aliphatic heterocycles. The van der Waals surface area contributed by atoms with Gasteiger partial charge in [-0.05, 0) is 42.9 Å². The fraction of sp³-hybridized carbons (Fsp3) is 0.938. The zero-order valence-corrected chi connectivity index (χ0v) is 16.2. The number of fused-ring (bicyclic) bond motifs is 1. The normalized spacial score (nSPS) is 39.3. The first kappa shape index (κ1) is 16.7. The number of rotatable bonds is 3. The second-order valence-corrected chi connectivity index (χ2v) is 11.3. The lowest BCUT2D eigenvalue weighted by atomic mass is 9.69. The van der Waals surface area contributed by atoms with Crippen molar-refractivity contribution in [3.63, 3.8) is 0 Å². The Morgan fingerprint density at radius 2 is 2.00 bits per heavy atom. The molecule has 1 heterocycles. The molecule has 3 aliphatic rings. The Labute approximate surface area is 142 Å². The van der Waals surface area contributed by atoms with Gasteiger partial charge in [0.25, 0.3) is 0 Å². The molecule has 3 rings (SSSR count). The minimum atomic E-state index is -3.49. The second-order valence-electron chi connectivity index (χ2n) is 8.35. The Morgan fingerprint density at radius 1 is 1.36 bits per heavy atom. The standard InChI is InChI=1S/C16H26BrNO3S/c1-10(2)7-12(17)14(19)18-13-8-11-5-6-16(13,15(11,3)4)9-22(18,20)21/h10-13H,5-9H2,1-4H3/t11?,12-,13?,16?/m0/s1. The van der Waals surface area contributed by atoms with Gasteiger partial charge in [0.1, 0.15) is 0 Å². The van der Waals surface area contributed by atoms with Gasteiger partial charge in [0.05, 0.1) is 16.6 Å². The van der Waals surface area contributed by atoms with Crippen molar-refractivity contribution in [3.05, 3.63) is 0 Å². The zero-order valence-electron chi connectivity index (χ0n) is 13.8. The molecule has 0 aromatic heterocycles. The molecule has 1 saturated heterocycles. The number of amides is 1. The molecule has 22 heavy (non-hydrogen) atoms. The van der Waals surface area contributed by atoms with Gasteiger partial charge in [-0.15, -0.1) is 0 Å². The van der Waals surface area contributed by atoms with Gasteiger partial charge in [-0.3, -0.25) is 4.79 Å². The topological polar surface area (TPSA) is 54.5 Å². The summed E-state index contributed by atoms with van der Waals surface area (Å²) in [5.41, 5.74) is -0.212. The molecule has 2 saturated carbocycles. The highest BCUT2D eigenvalue weighted by atomic mass is 79.9. The Morgan fingerprint density at radius 3 is 2.55 bits per heavy atom. The molecule has 2 bridgehead atoms. The minimum Gasteiger partial charge on any atom is -0.272 e. The average Bonchev–Trinajstić information content (AvgIpc) is 2.83. The summed E-state index contributed by atoms with van der Waals surface area (Å²) in [6.07, 6.45) is 3.55. The maximum absolute atomic E-state index is 12.8. The van der Waals surface area contributed by atoms with E-state index in [1.807, 2.05) is 13.8 Å². The van der Waals surface area contributed by atoms with E-state index in [1.54, 1.807) is 0 Å². The third-order valence-corrected chi connectivity index (χ3v) is 9.25. The highest BCUT2D eigenvalue weighted by Gasteiger charge is 2.72. The molecule has 4 atom stereocenters. The summed E-state index contributed by atoms with van der Waals surface area (Å²) in [4.78, 5) is 12.4. The lowest BCUT2D eigenvalue weighted by molar-refractivity contribution is -0.128. The van der Waals surface area contributed by atoms with Crippen LogP contribution in [0.25, 0.3) is 0 Å². The third kappa shape index (κ3) is 2.05. The summed E-state index contributed by atoms with van der Waals surface area (Å²) in [7, 11) is -3.49. The molecule has 0 aromatic rings. The number of sulfonamides is 1. The summed E-state index contributed by atoms with van der Waals surface area (Å²) in [6, 6.07) is -0.119. The molecule has 1 amide bonds. The van der Waals surface area contributed by atoms with E-state index in [-0.39, 0.29) is 28.5 Å². The summed E-state index contributed by atoms with van der Waals surface area (Å²) >= 11 is 3.43. The van der Waals surface area contributed by atoms with Crippen molar-refractivity contribution in [1.29, 1.82) is 0 Å². The van der Waals surface area contributed by atoms with E-state index >= 15 is 0 Å². The number of alkyl halides is 1. The van der Waals surface area contributed by atoms with Crippen molar-refractivity contribution in [1.82, 2.24) is 4.31 Å². The molecule has 4 nitrogen and oxygen atoms in total. The van der Waals surface area contributed by atoms with Crippen LogP contribution in [-0.2, 0) is 14.8 Å². The van der Waals surface area contributed by atoms with E-state index in [1.165, 1.54) is 4.31 Å². The molecule has 3 fully saturated rings. The molecular weight excluding hydrogens is 366 g/mol. The van der Waals surface area contributed by atoms with E-state index in [9.17, 15) is 13.2 Å². The van der Waals surface area contributed by atoms with Crippen LogP contribution in [0, 0.1) is 22.7 Å². The predicted octanol–water partition coefficient (Wildman–Crippen LogP) is 3.16. The van der Waals surface area contributed by atoms with Gasteiger partial charge in [-0.2, -0.15) is 0 Å². The largest absolute Gasteiger partial charge is 0.272 e. The van der Waals surface area contributed by atoms with Gasteiger partial charge in [-0.1, -0.05) is 43.6 Å². The third-order valence-electron chi connectivity index (χ3n) is 6.57. The first-order valence-corrected chi connectivity index (χ1v) is 10.8. The quantitative estimate of drug-likeness (QED) is 0.694. The van der Waals surface area contributed by atoms with Crippen LogP contribution in [0.15, 0.2) is 0 Å². The van der Waals surface area contributed by atoms with Crippen molar-refractivity contribution >= 4 is 31.9 Å². The van der Waals surface area contributed by atoms with Crippen LogP contribution >= 0.6 is 15.9 Å².